The Balaban J connectivity index is 1.83. The van der Waals surface area contributed by atoms with E-state index < -0.39 is 0 Å². The predicted octanol–water partition coefficient (Wildman–Crippen LogP) is 0.546. The Morgan fingerprint density at radius 3 is 3.06 bits per heavy atom. The highest BCUT2D eigenvalue weighted by Crippen LogP contribution is 2.20. The van der Waals surface area contributed by atoms with E-state index in [2.05, 4.69) is 11.0 Å². The Hall–Kier alpha value is -0.870. The first-order valence-electron chi connectivity index (χ1n) is 6.10. The summed E-state index contributed by atoms with van der Waals surface area (Å²) in [6, 6.07) is 0.254. The van der Waals surface area contributed by atoms with Crippen molar-refractivity contribution in [3.8, 4) is 0 Å². The summed E-state index contributed by atoms with van der Waals surface area (Å²) < 4.78 is 0. The monoisotopic (exact) mass is 223 g/mol. The molecule has 0 spiro atoms. The summed E-state index contributed by atoms with van der Waals surface area (Å²) in [6.07, 6.45) is 6.53. The summed E-state index contributed by atoms with van der Waals surface area (Å²) >= 11 is 0. The van der Waals surface area contributed by atoms with E-state index in [0.29, 0.717) is 6.54 Å². The zero-order valence-corrected chi connectivity index (χ0v) is 9.98. The molecule has 0 saturated carbocycles. The third-order valence-corrected chi connectivity index (χ3v) is 3.49. The lowest BCUT2D eigenvalue weighted by molar-refractivity contribution is -0.129. The molecule has 0 aromatic rings. The molecule has 0 aromatic heterocycles. The van der Waals surface area contributed by atoms with Crippen LogP contribution in [0.25, 0.3) is 0 Å². The number of hydrogen-bond acceptors (Lipinski definition) is 3. The number of carbonyl (C=O) groups excluding carboxylic acids is 1. The minimum absolute atomic E-state index is 0.197. The number of likely N-dealkylation sites (N-methyl/N-ethyl adjacent to an activating group) is 1. The largest absolute Gasteiger partial charge is 0.326 e. The third-order valence-electron chi connectivity index (χ3n) is 3.49. The van der Waals surface area contributed by atoms with Crippen molar-refractivity contribution in [3.05, 3.63) is 11.8 Å². The summed E-state index contributed by atoms with van der Waals surface area (Å²) in [5.41, 5.74) is 7.01. The van der Waals surface area contributed by atoms with Gasteiger partial charge in [-0.05, 0) is 25.7 Å². The topological polar surface area (TPSA) is 49.6 Å². The average molecular weight is 223 g/mol. The molecule has 1 amide bonds. The molecule has 2 rings (SSSR count). The standard InChI is InChI=1S/C12H21N3O/c1-14(11-4-2-3-5-11)12(16)9-15-7-6-10(13)8-15/h4,10H,2-3,5-9,13H2,1H3. The number of carbonyl (C=O) groups is 1. The van der Waals surface area contributed by atoms with Gasteiger partial charge in [-0.1, -0.05) is 6.08 Å². The van der Waals surface area contributed by atoms with Crippen LogP contribution in [0.5, 0.6) is 0 Å². The number of hydrogen-bond donors (Lipinski definition) is 1. The number of amides is 1. The highest BCUT2D eigenvalue weighted by Gasteiger charge is 2.23. The van der Waals surface area contributed by atoms with Crippen molar-refractivity contribution in [2.24, 2.45) is 5.73 Å². The maximum absolute atomic E-state index is 12.0. The Morgan fingerprint density at radius 2 is 2.50 bits per heavy atom. The van der Waals surface area contributed by atoms with Gasteiger partial charge in [0.05, 0.1) is 6.54 Å². The number of likely N-dealkylation sites (tertiary alicyclic amines) is 1. The molecule has 0 radical (unpaired) electrons. The molecule has 1 aliphatic heterocycles. The maximum Gasteiger partial charge on any atom is 0.240 e. The number of rotatable bonds is 3. The number of nitrogens with zero attached hydrogens (tertiary/aromatic N) is 2. The van der Waals surface area contributed by atoms with Crippen molar-refractivity contribution in [2.75, 3.05) is 26.7 Å². The summed E-state index contributed by atoms with van der Waals surface area (Å²) in [5, 5.41) is 0. The van der Waals surface area contributed by atoms with Crippen molar-refractivity contribution in [2.45, 2.75) is 31.7 Å². The van der Waals surface area contributed by atoms with E-state index >= 15 is 0 Å². The predicted molar refractivity (Wildman–Crippen MR) is 63.7 cm³/mol. The zero-order valence-electron chi connectivity index (χ0n) is 9.98. The second kappa shape index (κ2) is 4.97. The van der Waals surface area contributed by atoms with E-state index in [1.54, 1.807) is 0 Å². The molecule has 0 aromatic carbocycles. The van der Waals surface area contributed by atoms with E-state index in [9.17, 15) is 4.79 Å². The first kappa shape index (κ1) is 11.6. The fourth-order valence-corrected chi connectivity index (χ4v) is 2.42. The molecule has 4 heteroatoms. The molecule has 1 atom stereocenters. The van der Waals surface area contributed by atoms with E-state index in [0.717, 1.165) is 32.4 Å². The number of allylic oxidation sites excluding steroid dienone is 2. The van der Waals surface area contributed by atoms with Crippen molar-refractivity contribution < 1.29 is 4.79 Å². The highest BCUT2D eigenvalue weighted by molar-refractivity contribution is 5.79. The van der Waals surface area contributed by atoms with Gasteiger partial charge in [-0.15, -0.1) is 0 Å². The van der Waals surface area contributed by atoms with Gasteiger partial charge in [0, 0.05) is 31.9 Å². The van der Waals surface area contributed by atoms with E-state index in [-0.39, 0.29) is 11.9 Å². The van der Waals surface area contributed by atoms with Crippen LogP contribution in [0.1, 0.15) is 25.7 Å². The van der Waals surface area contributed by atoms with E-state index in [4.69, 9.17) is 5.73 Å². The molecule has 90 valence electrons. The van der Waals surface area contributed by atoms with Crippen LogP contribution in [-0.2, 0) is 4.79 Å². The number of nitrogens with two attached hydrogens (primary N) is 1. The van der Waals surface area contributed by atoms with Crippen LogP contribution in [0.4, 0.5) is 0 Å². The van der Waals surface area contributed by atoms with Crippen LogP contribution >= 0.6 is 0 Å². The third kappa shape index (κ3) is 2.62. The Bertz CT molecular complexity index is 301. The van der Waals surface area contributed by atoms with Gasteiger partial charge in [0.15, 0.2) is 0 Å². The van der Waals surface area contributed by atoms with Crippen LogP contribution in [0, 0.1) is 0 Å². The smallest absolute Gasteiger partial charge is 0.240 e. The molecule has 2 N–H and O–H groups in total. The van der Waals surface area contributed by atoms with Crippen LogP contribution in [0.3, 0.4) is 0 Å². The maximum atomic E-state index is 12.0. The van der Waals surface area contributed by atoms with Gasteiger partial charge in [0.25, 0.3) is 0 Å². The molecular weight excluding hydrogens is 202 g/mol. The van der Waals surface area contributed by atoms with Crippen molar-refractivity contribution in [1.82, 2.24) is 9.80 Å². The second-order valence-electron chi connectivity index (χ2n) is 4.82. The van der Waals surface area contributed by atoms with Crippen molar-refractivity contribution in [1.29, 1.82) is 0 Å². The quantitative estimate of drug-likeness (QED) is 0.760. The Morgan fingerprint density at radius 1 is 1.69 bits per heavy atom. The van der Waals surface area contributed by atoms with Crippen LogP contribution in [-0.4, -0.2) is 48.4 Å². The van der Waals surface area contributed by atoms with Gasteiger partial charge >= 0.3 is 0 Å². The van der Waals surface area contributed by atoms with Crippen molar-refractivity contribution in [3.63, 3.8) is 0 Å². The van der Waals surface area contributed by atoms with Gasteiger partial charge in [-0.2, -0.15) is 0 Å². The van der Waals surface area contributed by atoms with Gasteiger partial charge < -0.3 is 10.6 Å². The van der Waals surface area contributed by atoms with E-state index in [1.165, 1.54) is 12.1 Å². The average Bonchev–Trinajstić information content (AvgIpc) is 2.88. The van der Waals surface area contributed by atoms with Crippen molar-refractivity contribution >= 4 is 5.91 Å². The summed E-state index contributed by atoms with van der Waals surface area (Å²) in [7, 11) is 1.88. The molecule has 0 bridgehead atoms. The Labute approximate surface area is 97.1 Å². The fourth-order valence-electron chi connectivity index (χ4n) is 2.42. The summed E-state index contributed by atoms with van der Waals surface area (Å²) in [6.45, 7) is 2.33. The molecule has 16 heavy (non-hydrogen) atoms. The van der Waals surface area contributed by atoms with Crippen LogP contribution < -0.4 is 5.73 Å². The van der Waals surface area contributed by atoms with Gasteiger partial charge in [-0.3, -0.25) is 9.69 Å². The molecular formula is C12H21N3O. The van der Waals surface area contributed by atoms with Gasteiger partial charge in [0.2, 0.25) is 5.91 Å². The van der Waals surface area contributed by atoms with Crippen LogP contribution in [0.15, 0.2) is 11.8 Å². The summed E-state index contributed by atoms with van der Waals surface area (Å²) in [4.78, 5) is 16.0. The first-order valence-corrected chi connectivity index (χ1v) is 6.10. The van der Waals surface area contributed by atoms with Crippen LogP contribution in [0.2, 0.25) is 0 Å². The lowest BCUT2D eigenvalue weighted by Crippen LogP contribution is -2.37. The highest BCUT2D eigenvalue weighted by atomic mass is 16.2. The molecule has 1 unspecified atom stereocenters. The molecule has 1 saturated heterocycles. The second-order valence-corrected chi connectivity index (χ2v) is 4.82. The lowest BCUT2D eigenvalue weighted by atomic mass is 10.3. The lowest BCUT2D eigenvalue weighted by Gasteiger charge is -2.22. The first-order chi connectivity index (χ1) is 7.66. The zero-order chi connectivity index (χ0) is 11.5. The fraction of sp³-hybridized carbons (Fsp3) is 0.750. The summed E-state index contributed by atoms with van der Waals surface area (Å²) in [5.74, 6) is 0.197. The Kier molecular flexibility index (Phi) is 3.61. The molecule has 1 aliphatic carbocycles. The molecule has 1 fully saturated rings. The minimum atomic E-state index is 0.197. The minimum Gasteiger partial charge on any atom is -0.326 e. The normalized spacial score (nSPS) is 25.9. The SMILES string of the molecule is CN(C(=O)CN1CCC(N)C1)C1=CCCC1. The van der Waals surface area contributed by atoms with E-state index in [1.807, 2.05) is 11.9 Å². The van der Waals surface area contributed by atoms with Gasteiger partial charge in [0.1, 0.15) is 0 Å². The molecule has 4 nitrogen and oxygen atoms in total. The molecule has 1 heterocycles. The van der Waals surface area contributed by atoms with Gasteiger partial charge in [-0.25, -0.2) is 0 Å². The molecule has 2 aliphatic rings.